The summed E-state index contributed by atoms with van der Waals surface area (Å²) in [5.74, 6) is 0.778. The van der Waals surface area contributed by atoms with Gasteiger partial charge in [0.25, 0.3) is 0 Å². The number of hydrogen-bond acceptors (Lipinski definition) is 4. The Hall–Kier alpha value is -1.75. The molecule has 5 nitrogen and oxygen atoms in total. The molecule has 0 aromatic carbocycles. The lowest BCUT2D eigenvalue weighted by Crippen LogP contribution is -2.33. The maximum Gasteiger partial charge on any atom is 0.126 e. The largest absolute Gasteiger partial charge is 0.339 e. The molecule has 0 saturated carbocycles. The van der Waals surface area contributed by atoms with Gasteiger partial charge in [-0.05, 0) is 20.3 Å². The van der Waals surface area contributed by atoms with Crippen LogP contribution in [0.5, 0.6) is 0 Å². The standard InChI is InChI=1S/C12H17N5/c1-4-12(3,13)11-16-7-9(17-11)10-8(2)14-5-6-15-10/h5-7H,4,13H2,1-3H3,(H,16,17). The third-order valence-corrected chi connectivity index (χ3v) is 2.99. The number of nitrogens with two attached hydrogens (primary N) is 1. The van der Waals surface area contributed by atoms with E-state index in [1.807, 2.05) is 20.8 Å². The van der Waals surface area contributed by atoms with Crippen LogP contribution in [0.1, 0.15) is 31.8 Å². The first-order chi connectivity index (χ1) is 8.04. The number of aromatic nitrogens is 4. The zero-order valence-corrected chi connectivity index (χ0v) is 10.4. The van der Waals surface area contributed by atoms with Crippen molar-refractivity contribution in [2.24, 2.45) is 5.73 Å². The number of nitrogens with one attached hydrogen (secondary N) is 1. The molecule has 0 bridgehead atoms. The van der Waals surface area contributed by atoms with Gasteiger partial charge in [-0.25, -0.2) is 4.98 Å². The van der Waals surface area contributed by atoms with E-state index in [0.29, 0.717) is 0 Å². The number of rotatable bonds is 3. The van der Waals surface area contributed by atoms with Gasteiger partial charge >= 0.3 is 0 Å². The molecule has 2 aromatic heterocycles. The quantitative estimate of drug-likeness (QED) is 0.843. The third-order valence-electron chi connectivity index (χ3n) is 2.99. The zero-order chi connectivity index (χ0) is 12.5. The summed E-state index contributed by atoms with van der Waals surface area (Å²) in [5, 5.41) is 0. The van der Waals surface area contributed by atoms with Gasteiger partial charge in [0.05, 0.1) is 23.1 Å². The average molecular weight is 231 g/mol. The molecule has 0 fully saturated rings. The van der Waals surface area contributed by atoms with Crippen molar-refractivity contribution >= 4 is 0 Å². The van der Waals surface area contributed by atoms with Crippen LogP contribution in [0.25, 0.3) is 11.4 Å². The second-order valence-corrected chi connectivity index (χ2v) is 4.41. The molecular weight excluding hydrogens is 214 g/mol. The first-order valence-corrected chi connectivity index (χ1v) is 5.67. The number of imidazole rings is 1. The maximum atomic E-state index is 6.14. The van der Waals surface area contributed by atoms with Crippen LogP contribution in [0, 0.1) is 6.92 Å². The van der Waals surface area contributed by atoms with E-state index < -0.39 is 5.54 Å². The van der Waals surface area contributed by atoms with Gasteiger partial charge in [-0.15, -0.1) is 0 Å². The van der Waals surface area contributed by atoms with Gasteiger partial charge in [0.1, 0.15) is 11.5 Å². The van der Waals surface area contributed by atoms with Crippen molar-refractivity contribution in [2.75, 3.05) is 0 Å². The van der Waals surface area contributed by atoms with E-state index in [2.05, 4.69) is 19.9 Å². The van der Waals surface area contributed by atoms with Gasteiger partial charge in [0.2, 0.25) is 0 Å². The highest BCUT2D eigenvalue weighted by Crippen LogP contribution is 2.22. The Balaban J connectivity index is 2.40. The van der Waals surface area contributed by atoms with Crippen LogP contribution in [0.15, 0.2) is 18.6 Å². The van der Waals surface area contributed by atoms with Crippen molar-refractivity contribution in [3.05, 3.63) is 30.1 Å². The lowest BCUT2D eigenvalue weighted by Gasteiger charge is -2.19. The van der Waals surface area contributed by atoms with E-state index in [0.717, 1.165) is 29.3 Å². The predicted octanol–water partition coefficient (Wildman–Crippen LogP) is 1.76. The molecule has 3 N–H and O–H groups in total. The smallest absolute Gasteiger partial charge is 0.126 e. The van der Waals surface area contributed by atoms with Crippen LogP contribution in [-0.2, 0) is 5.54 Å². The average Bonchev–Trinajstić information content (AvgIpc) is 2.79. The minimum Gasteiger partial charge on any atom is -0.339 e. The van der Waals surface area contributed by atoms with Crippen LogP contribution in [0.4, 0.5) is 0 Å². The number of aryl methyl sites for hydroxylation is 1. The van der Waals surface area contributed by atoms with Crippen LogP contribution < -0.4 is 5.73 Å². The van der Waals surface area contributed by atoms with E-state index in [1.165, 1.54) is 0 Å². The normalized spacial score (nSPS) is 14.6. The van der Waals surface area contributed by atoms with Gasteiger partial charge in [0, 0.05) is 12.4 Å². The maximum absolute atomic E-state index is 6.14. The molecule has 0 amide bonds. The monoisotopic (exact) mass is 231 g/mol. The number of nitrogens with zero attached hydrogens (tertiary/aromatic N) is 3. The Morgan fingerprint density at radius 2 is 2.00 bits per heavy atom. The number of H-pyrrole nitrogens is 1. The first-order valence-electron chi connectivity index (χ1n) is 5.67. The van der Waals surface area contributed by atoms with E-state index in [1.54, 1.807) is 18.6 Å². The van der Waals surface area contributed by atoms with Gasteiger partial charge in [-0.1, -0.05) is 6.92 Å². The molecule has 17 heavy (non-hydrogen) atoms. The molecule has 0 aliphatic carbocycles. The molecule has 0 saturated heterocycles. The summed E-state index contributed by atoms with van der Waals surface area (Å²) in [7, 11) is 0. The summed E-state index contributed by atoms with van der Waals surface area (Å²) in [6.45, 7) is 5.92. The summed E-state index contributed by atoms with van der Waals surface area (Å²) in [5.41, 5.74) is 8.25. The molecule has 1 atom stereocenters. The molecule has 2 heterocycles. The van der Waals surface area contributed by atoms with E-state index in [-0.39, 0.29) is 0 Å². The van der Waals surface area contributed by atoms with Gasteiger partial charge in [-0.2, -0.15) is 0 Å². The molecule has 1 unspecified atom stereocenters. The Kier molecular flexibility index (Phi) is 2.93. The number of hydrogen-bond donors (Lipinski definition) is 2. The summed E-state index contributed by atoms with van der Waals surface area (Å²) in [6.07, 6.45) is 5.92. The Labute approximate surface area is 101 Å². The van der Waals surface area contributed by atoms with E-state index in [9.17, 15) is 0 Å². The van der Waals surface area contributed by atoms with Crippen molar-refractivity contribution in [3.8, 4) is 11.4 Å². The van der Waals surface area contributed by atoms with Gasteiger partial charge < -0.3 is 10.7 Å². The fourth-order valence-corrected chi connectivity index (χ4v) is 1.57. The molecule has 0 aliphatic rings. The summed E-state index contributed by atoms with van der Waals surface area (Å²) < 4.78 is 0. The minimum absolute atomic E-state index is 0.436. The van der Waals surface area contributed by atoms with Crippen molar-refractivity contribution in [3.63, 3.8) is 0 Å². The number of aromatic amines is 1. The van der Waals surface area contributed by atoms with E-state index in [4.69, 9.17) is 5.73 Å². The van der Waals surface area contributed by atoms with Crippen LogP contribution in [0.3, 0.4) is 0 Å². The Morgan fingerprint density at radius 3 is 2.65 bits per heavy atom. The van der Waals surface area contributed by atoms with Crippen molar-refractivity contribution < 1.29 is 0 Å². The zero-order valence-electron chi connectivity index (χ0n) is 10.4. The highest BCUT2D eigenvalue weighted by molar-refractivity contribution is 5.55. The fraction of sp³-hybridized carbons (Fsp3) is 0.417. The lowest BCUT2D eigenvalue weighted by molar-refractivity contribution is 0.450. The highest BCUT2D eigenvalue weighted by Gasteiger charge is 2.22. The Bertz CT molecular complexity index is 515. The molecule has 5 heteroatoms. The molecule has 0 aliphatic heterocycles. The van der Waals surface area contributed by atoms with Gasteiger partial charge in [-0.3, -0.25) is 9.97 Å². The van der Waals surface area contributed by atoms with Crippen LogP contribution in [-0.4, -0.2) is 19.9 Å². The SMILES string of the molecule is CCC(C)(N)c1ncc(-c2nccnc2C)[nH]1. The van der Waals surface area contributed by atoms with Crippen LogP contribution >= 0.6 is 0 Å². The minimum atomic E-state index is -0.436. The van der Waals surface area contributed by atoms with Gasteiger partial charge in [0.15, 0.2) is 0 Å². The van der Waals surface area contributed by atoms with Crippen molar-refractivity contribution in [1.82, 2.24) is 19.9 Å². The summed E-state index contributed by atoms with van der Waals surface area (Å²) >= 11 is 0. The molecule has 0 spiro atoms. The van der Waals surface area contributed by atoms with Crippen molar-refractivity contribution in [2.45, 2.75) is 32.7 Å². The van der Waals surface area contributed by atoms with Crippen molar-refractivity contribution in [1.29, 1.82) is 0 Å². The predicted molar refractivity (Wildman–Crippen MR) is 66.2 cm³/mol. The highest BCUT2D eigenvalue weighted by atomic mass is 15.0. The Morgan fingerprint density at radius 1 is 1.29 bits per heavy atom. The molecule has 2 rings (SSSR count). The second-order valence-electron chi connectivity index (χ2n) is 4.41. The molecule has 90 valence electrons. The second kappa shape index (κ2) is 4.25. The topological polar surface area (TPSA) is 80.5 Å². The summed E-state index contributed by atoms with van der Waals surface area (Å²) in [6, 6.07) is 0. The first kappa shape index (κ1) is 11.7. The van der Waals surface area contributed by atoms with E-state index >= 15 is 0 Å². The molecule has 2 aromatic rings. The lowest BCUT2D eigenvalue weighted by atomic mass is 10.0. The summed E-state index contributed by atoms with van der Waals surface area (Å²) in [4.78, 5) is 16.1. The molecule has 0 radical (unpaired) electrons. The fourth-order valence-electron chi connectivity index (χ4n) is 1.57. The third kappa shape index (κ3) is 2.19. The van der Waals surface area contributed by atoms with Crippen LogP contribution in [0.2, 0.25) is 0 Å². The molecular formula is C12H17N5.